The summed E-state index contributed by atoms with van der Waals surface area (Å²) >= 11 is 0. The van der Waals surface area contributed by atoms with E-state index in [2.05, 4.69) is 15.5 Å². The number of carbonyl (C=O) groups is 1. The van der Waals surface area contributed by atoms with Gasteiger partial charge in [0, 0.05) is 11.1 Å². The smallest absolute Gasteiger partial charge is 0.309 e. The topological polar surface area (TPSA) is 107 Å². The second-order valence-corrected chi connectivity index (χ2v) is 7.17. The Labute approximate surface area is 187 Å². The highest BCUT2D eigenvalue weighted by Crippen LogP contribution is 2.38. The number of nitrogens with one attached hydrogen (secondary N) is 1. The van der Waals surface area contributed by atoms with Crippen molar-refractivity contribution in [2.75, 3.05) is 5.73 Å². The van der Waals surface area contributed by atoms with Crippen LogP contribution in [0, 0.1) is 5.82 Å². The van der Waals surface area contributed by atoms with E-state index in [4.69, 9.17) is 14.6 Å². The lowest BCUT2D eigenvalue weighted by atomic mass is 10.0. The van der Waals surface area contributed by atoms with Gasteiger partial charge in [-0.25, -0.2) is 14.8 Å². The summed E-state index contributed by atoms with van der Waals surface area (Å²) in [6.45, 7) is 0. The number of nitrogens with two attached hydrogens (primary N) is 1. The van der Waals surface area contributed by atoms with Crippen LogP contribution < -0.4 is 11.2 Å². The van der Waals surface area contributed by atoms with Crippen molar-refractivity contribution < 1.29 is 18.0 Å². The molecule has 33 heavy (non-hydrogen) atoms. The number of nitrogens with zero attached hydrogens (tertiary/aromatic N) is 2. The van der Waals surface area contributed by atoms with Crippen molar-refractivity contribution in [3.05, 3.63) is 96.2 Å². The van der Waals surface area contributed by atoms with Crippen molar-refractivity contribution in [3.8, 4) is 22.6 Å². The van der Waals surface area contributed by atoms with Crippen molar-refractivity contribution in [3.63, 3.8) is 0 Å². The van der Waals surface area contributed by atoms with E-state index >= 15 is 0 Å². The lowest BCUT2D eigenvalue weighted by molar-refractivity contribution is 0.0930. The predicted octanol–water partition coefficient (Wildman–Crippen LogP) is 5.24. The second-order valence-electron chi connectivity index (χ2n) is 7.17. The number of hydrogen-bond donors (Lipinski definition) is 2. The van der Waals surface area contributed by atoms with E-state index in [1.165, 1.54) is 30.5 Å². The van der Waals surface area contributed by atoms with E-state index in [-0.39, 0.29) is 23.0 Å². The summed E-state index contributed by atoms with van der Waals surface area (Å²) in [5.41, 5.74) is 11.8. The maximum Gasteiger partial charge on any atom is 0.309 e. The average molecular weight is 440 g/mol. The number of anilines is 1. The lowest BCUT2D eigenvalue weighted by Gasteiger charge is -2.05. The van der Waals surface area contributed by atoms with E-state index in [1.54, 1.807) is 18.4 Å². The molecule has 0 saturated heterocycles. The van der Waals surface area contributed by atoms with Crippen LogP contribution in [0.4, 0.5) is 10.1 Å². The number of rotatable bonds is 5. The number of nitrogen functional groups attached to an aromatic ring is 1. The number of hydrazone groups is 1. The maximum atomic E-state index is 13.0. The van der Waals surface area contributed by atoms with Gasteiger partial charge >= 0.3 is 5.91 Å². The van der Waals surface area contributed by atoms with Gasteiger partial charge in [-0.3, -0.25) is 4.79 Å². The minimum absolute atomic E-state index is 0.119. The standard InChI is InChI=1S/C25H17FN4O3/c26-17-10-8-15(9-11-17)14-28-30-24(31)23-22(27)21-18(20-7-4-12-32-20)13-19(29-25(21)33-23)16-5-2-1-3-6-16/h1-14H,27H2,(H,30,31)/b28-14-. The number of benzene rings is 2. The molecule has 1 amide bonds. The third kappa shape index (κ3) is 3.97. The molecular weight excluding hydrogens is 423 g/mol. The fourth-order valence-electron chi connectivity index (χ4n) is 3.44. The Kier molecular flexibility index (Phi) is 5.16. The van der Waals surface area contributed by atoms with Gasteiger partial charge in [0.2, 0.25) is 11.5 Å². The zero-order valence-corrected chi connectivity index (χ0v) is 17.2. The number of fused-ring (bicyclic) bond motifs is 1. The number of furan rings is 2. The first-order valence-electron chi connectivity index (χ1n) is 10.0. The molecule has 0 radical (unpaired) electrons. The van der Waals surface area contributed by atoms with Gasteiger partial charge in [-0.05, 0) is 35.9 Å². The zero-order chi connectivity index (χ0) is 22.8. The van der Waals surface area contributed by atoms with Crippen LogP contribution in [0.25, 0.3) is 33.7 Å². The summed E-state index contributed by atoms with van der Waals surface area (Å²) in [7, 11) is 0. The summed E-state index contributed by atoms with van der Waals surface area (Å²) in [5.74, 6) is -0.559. The van der Waals surface area contributed by atoms with Crippen molar-refractivity contribution in [2.45, 2.75) is 0 Å². The normalized spacial score (nSPS) is 11.3. The summed E-state index contributed by atoms with van der Waals surface area (Å²) in [6.07, 6.45) is 2.94. The highest BCUT2D eigenvalue weighted by atomic mass is 19.1. The molecule has 3 heterocycles. The molecule has 0 aliphatic carbocycles. The van der Waals surface area contributed by atoms with Gasteiger partial charge in [0.15, 0.2) is 0 Å². The van der Waals surface area contributed by atoms with Gasteiger partial charge in [0.25, 0.3) is 0 Å². The van der Waals surface area contributed by atoms with Crippen LogP contribution in [-0.2, 0) is 0 Å². The first-order valence-corrected chi connectivity index (χ1v) is 10.0. The number of pyridine rings is 1. The molecule has 0 bridgehead atoms. The van der Waals surface area contributed by atoms with Crippen LogP contribution in [-0.4, -0.2) is 17.1 Å². The van der Waals surface area contributed by atoms with Crippen molar-refractivity contribution >= 4 is 28.9 Å². The number of amides is 1. The molecule has 0 atom stereocenters. The van der Waals surface area contributed by atoms with Crippen molar-refractivity contribution in [1.82, 2.24) is 10.4 Å². The molecule has 162 valence electrons. The second kappa shape index (κ2) is 8.43. The van der Waals surface area contributed by atoms with E-state index in [9.17, 15) is 9.18 Å². The van der Waals surface area contributed by atoms with Crippen LogP contribution in [0.3, 0.4) is 0 Å². The Morgan fingerprint density at radius 1 is 1.06 bits per heavy atom. The van der Waals surface area contributed by atoms with E-state index < -0.39 is 5.91 Å². The van der Waals surface area contributed by atoms with Gasteiger partial charge in [0.1, 0.15) is 11.6 Å². The first-order chi connectivity index (χ1) is 16.1. The van der Waals surface area contributed by atoms with Gasteiger partial charge < -0.3 is 14.6 Å². The number of carbonyl (C=O) groups excluding carboxylic acids is 1. The Morgan fingerprint density at radius 3 is 2.58 bits per heavy atom. The van der Waals surface area contributed by atoms with E-state index in [0.717, 1.165) is 5.56 Å². The molecule has 3 aromatic heterocycles. The van der Waals surface area contributed by atoms with E-state index in [1.807, 2.05) is 36.4 Å². The third-order valence-corrected chi connectivity index (χ3v) is 5.01. The Bertz CT molecular complexity index is 1460. The molecule has 0 unspecified atom stereocenters. The molecular formula is C25H17FN4O3. The lowest BCUT2D eigenvalue weighted by Crippen LogP contribution is -2.18. The monoisotopic (exact) mass is 440 g/mol. The third-order valence-electron chi connectivity index (χ3n) is 5.01. The Hall–Kier alpha value is -4.72. The molecule has 3 N–H and O–H groups in total. The van der Waals surface area contributed by atoms with Crippen LogP contribution in [0.5, 0.6) is 0 Å². The van der Waals surface area contributed by atoms with Crippen LogP contribution in [0.1, 0.15) is 16.1 Å². The molecule has 0 saturated carbocycles. The molecule has 5 aromatic rings. The van der Waals surface area contributed by atoms with E-state index in [0.29, 0.717) is 28.0 Å². The minimum atomic E-state index is -0.643. The van der Waals surface area contributed by atoms with Gasteiger partial charge in [0.05, 0.1) is 29.2 Å². The number of hydrogen-bond acceptors (Lipinski definition) is 6. The largest absolute Gasteiger partial charge is 0.464 e. The predicted molar refractivity (Wildman–Crippen MR) is 123 cm³/mol. The minimum Gasteiger partial charge on any atom is -0.464 e. The highest BCUT2D eigenvalue weighted by molar-refractivity contribution is 6.10. The molecule has 0 aliphatic heterocycles. The van der Waals surface area contributed by atoms with Gasteiger partial charge in [-0.15, -0.1) is 0 Å². The SMILES string of the molecule is Nc1c(C(=O)N/N=C\c2ccc(F)cc2)oc2nc(-c3ccccc3)cc(-c3ccco3)c12. The summed E-state index contributed by atoms with van der Waals surface area (Å²) in [4.78, 5) is 17.3. The summed E-state index contributed by atoms with van der Waals surface area (Å²) < 4.78 is 24.4. The van der Waals surface area contributed by atoms with Crippen LogP contribution in [0.2, 0.25) is 0 Å². The van der Waals surface area contributed by atoms with Gasteiger partial charge in [-0.2, -0.15) is 5.10 Å². The Morgan fingerprint density at radius 2 is 1.85 bits per heavy atom. The number of aromatic nitrogens is 1. The molecule has 2 aromatic carbocycles. The number of halogens is 1. The fourth-order valence-corrected chi connectivity index (χ4v) is 3.44. The zero-order valence-electron chi connectivity index (χ0n) is 17.2. The molecule has 0 fully saturated rings. The molecule has 0 spiro atoms. The summed E-state index contributed by atoms with van der Waals surface area (Å²) in [6, 6.07) is 20.6. The average Bonchev–Trinajstić information content (AvgIpc) is 3.49. The first kappa shape index (κ1) is 20.2. The van der Waals surface area contributed by atoms with Crippen molar-refractivity contribution in [1.29, 1.82) is 0 Å². The maximum absolute atomic E-state index is 13.0. The van der Waals surface area contributed by atoms with Crippen LogP contribution in [0.15, 0.2) is 93.0 Å². The summed E-state index contributed by atoms with van der Waals surface area (Å²) in [5, 5.41) is 4.36. The molecule has 8 heteroatoms. The van der Waals surface area contributed by atoms with Gasteiger partial charge in [-0.1, -0.05) is 42.5 Å². The Balaban J connectivity index is 1.54. The molecule has 0 aliphatic rings. The van der Waals surface area contributed by atoms with Crippen LogP contribution >= 0.6 is 0 Å². The molecule has 7 nitrogen and oxygen atoms in total. The van der Waals surface area contributed by atoms with Crippen molar-refractivity contribution in [2.24, 2.45) is 5.10 Å². The fraction of sp³-hybridized carbons (Fsp3) is 0. The molecule has 5 rings (SSSR count). The highest BCUT2D eigenvalue weighted by Gasteiger charge is 2.24. The quantitative estimate of drug-likeness (QED) is 0.287.